The molecule has 122 valence electrons. The van der Waals surface area contributed by atoms with Crippen LogP contribution in [0.25, 0.3) is 0 Å². The molecule has 1 aliphatic heterocycles. The summed E-state index contributed by atoms with van der Waals surface area (Å²) >= 11 is 0. The fourth-order valence-corrected chi connectivity index (χ4v) is 3.65. The van der Waals surface area contributed by atoms with E-state index in [0.717, 1.165) is 12.8 Å². The summed E-state index contributed by atoms with van der Waals surface area (Å²) in [6.07, 6.45) is 2.33. The molecule has 1 atom stereocenters. The smallest absolute Gasteiger partial charge is 0.310 e. The number of aliphatic carboxylic acids is 1. The molecule has 22 heavy (non-hydrogen) atoms. The van der Waals surface area contributed by atoms with Gasteiger partial charge in [-0.1, -0.05) is 19.1 Å². The van der Waals surface area contributed by atoms with E-state index < -0.39 is 21.7 Å². The zero-order valence-corrected chi connectivity index (χ0v) is 13.5. The lowest BCUT2D eigenvalue weighted by molar-refractivity contribution is -0.139. The van der Waals surface area contributed by atoms with Crippen molar-refractivity contribution >= 4 is 15.8 Å². The average Bonchev–Trinajstić information content (AvgIpc) is 2.53. The standard InChI is InChI=1S/C16H22O5S/c1-2-22(19,20)14-5-3-13(4-6-14)15(16(17)18)11-12-7-9-21-10-8-12/h3-6,12,15H,2,7-11H2,1H3,(H,17,18)/t15-/m0/s1. The fourth-order valence-electron chi connectivity index (χ4n) is 2.77. The molecule has 5 nitrogen and oxygen atoms in total. The highest BCUT2D eigenvalue weighted by atomic mass is 32.2. The Morgan fingerprint density at radius 1 is 1.27 bits per heavy atom. The molecule has 0 aromatic heterocycles. The van der Waals surface area contributed by atoms with Gasteiger partial charge in [-0.25, -0.2) is 8.42 Å². The van der Waals surface area contributed by atoms with Crippen LogP contribution in [-0.4, -0.2) is 38.5 Å². The maximum Gasteiger partial charge on any atom is 0.310 e. The summed E-state index contributed by atoms with van der Waals surface area (Å²) in [5, 5.41) is 9.48. The van der Waals surface area contributed by atoms with Gasteiger partial charge in [-0.15, -0.1) is 0 Å². The van der Waals surface area contributed by atoms with Crippen LogP contribution in [0.1, 0.15) is 37.7 Å². The second-order valence-corrected chi connectivity index (χ2v) is 7.93. The van der Waals surface area contributed by atoms with Crippen molar-refractivity contribution in [3.63, 3.8) is 0 Å². The van der Waals surface area contributed by atoms with Crippen LogP contribution in [0.15, 0.2) is 29.2 Å². The highest BCUT2D eigenvalue weighted by Gasteiger charge is 2.26. The lowest BCUT2D eigenvalue weighted by Crippen LogP contribution is -2.21. The molecule has 0 bridgehead atoms. The molecule has 0 spiro atoms. The largest absolute Gasteiger partial charge is 0.481 e. The van der Waals surface area contributed by atoms with Crippen LogP contribution in [0.4, 0.5) is 0 Å². The maximum atomic E-state index is 11.8. The SMILES string of the molecule is CCS(=O)(=O)c1ccc([C@H](CC2CCOCC2)C(=O)O)cc1. The molecule has 6 heteroatoms. The van der Waals surface area contributed by atoms with E-state index in [1.807, 2.05) is 0 Å². The first kappa shape index (κ1) is 17.0. The van der Waals surface area contributed by atoms with Gasteiger partial charge in [0.15, 0.2) is 9.84 Å². The molecule has 1 aromatic carbocycles. The molecular formula is C16H22O5S. The van der Waals surface area contributed by atoms with Gasteiger partial charge in [-0.2, -0.15) is 0 Å². The second-order valence-electron chi connectivity index (χ2n) is 5.65. The molecule has 1 N–H and O–H groups in total. The van der Waals surface area contributed by atoms with Gasteiger partial charge in [0.2, 0.25) is 0 Å². The van der Waals surface area contributed by atoms with Crippen molar-refractivity contribution in [3.05, 3.63) is 29.8 Å². The van der Waals surface area contributed by atoms with Gasteiger partial charge in [-0.05, 0) is 42.9 Å². The van der Waals surface area contributed by atoms with Crippen molar-refractivity contribution in [2.75, 3.05) is 19.0 Å². The van der Waals surface area contributed by atoms with Gasteiger partial charge in [0.1, 0.15) is 0 Å². The monoisotopic (exact) mass is 326 g/mol. The highest BCUT2D eigenvalue weighted by molar-refractivity contribution is 7.91. The van der Waals surface area contributed by atoms with Gasteiger partial charge >= 0.3 is 5.97 Å². The molecular weight excluding hydrogens is 304 g/mol. The third-order valence-corrected chi connectivity index (χ3v) is 5.98. The van der Waals surface area contributed by atoms with E-state index in [9.17, 15) is 18.3 Å². The van der Waals surface area contributed by atoms with Gasteiger partial charge in [0, 0.05) is 13.2 Å². The zero-order valence-electron chi connectivity index (χ0n) is 12.7. The Bertz CT molecular complexity index is 600. The summed E-state index contributed by atoms with van der Waals surface area (Å²) < 4.78 is 28.9. The minimum atomic E-state index is -3.25. The summed E-state index contributed by atoms with van der Waals surface area (Å²) in [5.41, 5.74) is 0.661. The number of carboxylic acids is 1. The lowest BCUT2D eigenvalue weighted by atomic mass is 9.85. The molecule has 1 saturated heterocycles. The zero-order chi connectivity index (χ0) is 16.2. The predicted octanol–water partition coefficient (Wildman–Crippen LogP) is 2.47. The Balaban J connectivity index is 2.16. The molecule has 1 aliphatic rings. The van der Waals surface area contributed by atoms with Crippen LogP contribution < -0.4 is 0 Å². The van der Waals surface area contributed by atoms with Crippen molar-refractivity contribution in [2.24, 2.45) is 5.92 Å². The van der Waals surface area contributed by atoms with Crippen molar-refractivity contribution < 1.29 is 23.1 Å². The van der Waals surface area contributed by atoms with E-state index in [1.54, 1.807) is 19.1 Å². The molecule has 2 rings (SSSR count). The Kier molecular flexibility index (Phi) is 5.58. The summed E-state index contributed by atoms with van der Waals surface area (Å²) in [6, 6.07) is 6.27. The van der Waals surface area contributed by atoms with Crippen molar-refractivity contribution in [1.29, 1.82) is 0 Å². The van der Waals surface area contributed by atoms with E-state index in [2.05, 4.69) is 0 Å². The number of sulfone groups is 1. The number of ether oxygens (including phenoxy) is 1. The van der Waals surface area contributed by atoms with Crippen LogP contribution in [0, 0.1) is 5.92 Å². The van der Waals surface area contributed by atoms with Crippen LogP contribution in [0.3, 0.4) is 0 Å². The molecule has 1 aromatic rings. The van der Waals surface area contributed by atoms with Crippen LogP contribution in [0.5, 0.6) is 0 Å². The van der Waals surface area contributed by atoms with E-state index in [4.69, 9.17) is 4.74 Å². The first-order valence-corrected chi connectivity index (χ1v) is 9.22. The van der Waals surface area contributed by atoms with Gasteiger partial charge in [-0.3, -0.25) is 4.79 Å². The van der Waals surface area contributed by atoms with Gasteiger partial charge < -0.3 is 9.84 Å². The van der Waals surface area contributed by atoms with E-state index in [1.165, 1.54) is 12.1 Å². The maximum absolute atomic E-state index is 11.8. The van der Waals surface area contributed by atoms with Crippen molar-refractivity contribution in [3.8, 4) is 0 Å². The lowest BCUT2D eigenvalue weighted by Gasteiger charge is -2.25. The Hall–Kier alpha value is -1.40. The Morgan fingerprint density at radius 3 is 2.36 bits per heavy atom. The summed E-state index contributed by atoms with van der Waals surface area (Å²) in [4.78, 5) is 11.8. The molecule has 0 saturated carbocycles. The van der Waals surface area contributed by atoms with Gasteiger partial charge in [0.25, 0.3) is 0 Å². The molecule has 1 fully saturated rings. The third kappa shape index (κ3) is 4.08. The summed E-state index contributed by atoms with van der Waals surface area (Å²) in [6.45, 7) is 2.96. The van der Waals surface area contributed by atoms with Crippen LogP contribution >= 0.6 is 0 Å². The quantitative estimate of drug-likeness (QED) is 0.868. The minimum absolute atomic E-state index is 0.0385. The summed E-state index contributed by atoms with van der Waals surface area (Å²) in [7, 11) is -3.25. The highest BCUT2D eigenvalue weighted by Crippen LogP contribution is 2.30. The normalized spacial score (nSPS) is 18.0. The fraction of sp³-hybridized carbons (Fsp3) is 0.562. The third-order valence-electron chi connectivity index (χ3n) is 4.23. The molecule has 1 heterocycles. The van der Waals surface area contributed by atoms with E-state index in [0.29, 0.717) is 31.1 Å². The van der Waals surface area contributed by atoms with E-state index >= 15 is 0 Å². The van der Waals surface area contributed by atoms with Crippen molar-refractivity contribution in [1.82, 2.24) is 0 Å². The van der Waals surface area contributed by atoms with Crippen molar-refractivity contribution in [2.45, 2.75) is 37.0 Å². The predicted molar refractivity (Wildman–Crippen MR) is 82.7 cm³/mol. The molecule has 0 radical (unpaired) electrons. The molecule has 0 unspecified atom stereocenters. The number of benzene rings is 1. The number of carbonyl (C=O) groups is 1. The Labute approximate surface area is 131 Å². The topological polar surface area (TPSA) is 80.7 Å². The average molecular weight is 326 g/mol. The van der Waals surface area contributed by atoms with Gasteiger partial charge in [0.05, 0.1) is 16.6 Å². The van der Waals surface area contributed by atoms with Crippen LogP contribution in [-0.2, 0) is 19.4 Å². The first-order chi connectivity index (χ1) is 10.4. The van der Waals surface area contributed by atoms with Crippen LogP contribution in [0.2, 0.25) is 0 Å². The number of hydrogen-bond acceptors (Lipinski definition) is 4. The number of hydrogen-bond donors (Lipinski definition) is 1. The number of carboxylic acid groups (broad SMARTS) is 1. The Morgan fingerprint density at radius 2 is 1.86 bits per heavy atom. The van der Waals surface area contributed by atoms with E-state index in [-0.39, 0.29) is 10.6 Å². The molecule has 0 aliphatic carbocycles. The summed E-state index contributed by atoms with van der Waals surface area (Å²) in [5.74, 6) is -1.08. The first-order valence-electron chi connectivity index (χ1n) is 7.57. The number of rotatable bonds is 6. The molecule has 0 amide bonds. The minimum Gasteiger partial charge on any atom is -0.481 e. The second kappa shape index (κ2) is 7.24.